The number of nitrogens with one attached hydrogen (secondary N) is 4. The summed E-state index contributed by atoms with van der Waals surface area (Å²) in [5.41, 5.74) is 15.5. The lowest BCUT2D eigenvalue weighted by molar-refractivity contribution is 1.28. The second-order valence-electron chi connectivity index (χ2n) is 13.9. The Hall–Kier alpha value is -5.64. The van der Waals surface area contributed by atoms with Gasteiger partial charge in [0.15, 0.2) is 0 Å². The van der Waals surface area contributed by atoms with Crippen molar-refractivity contribution in [3.63, 3.8) is 0 Å². The van der Waals surface area contributed by atoms with Gasteiger partial charge in [-0.15, -0.1) is 0 Å². The molecule has 0 unspecified atom stereocenters. The Morgan fingerprint density at radius 3 is 1.14 bits per heavy atom. The molecule has 4 N–H and O–H groups in total. The monoisotopic (exact) mass is 789 g/mol. The first kappa shape index (κ1) is 32.6. The zero-order valence-electron chi connectivity index (χ0n) is 29.6. The van der Waals surface area contributed by atoms with Crippen molar-refractivity contribution >= 4 is 92.5 Å². The highest BCUT2D eigenvalue weighted by molar-refractivity contribution is 8.00. The van der Waals surface area contributed by atoms with Crippen molar-refractivity contribution in [1.29, 1.82) is 0 Å². The Morgan fingerprint density at radius 2 is 0.661 bits per heavy atom. The van der Waals surface area contributed by atoms with E-state index in [1.807, 2.05) is 35.3 Å². The van der Waals surface area contributed by atoms with Gasteiger partial charge in [0.25, 0.3) is 0 Å². The second-order valence-corrected chi connectivity index (χ2v) is 18.2. The van der Waals surface area contributed by atoms with E-state index in [1.165, 1.54) is 34.3 Å². The van der Waals surface area contributed by atoms with Gasteiger partial charge < -0.3 is 21.3 Å². The van der Waals surface area contributed by atoms with Crippen LogP contribution in [0.3, 0.4) is 0 Å². The molecule has 8 heteroatoms. The summed E-state index contributed by atoms with van der Waals surface area (Å²) in [6, 6.07) is 58.6. The molecule has 8 aromatic carbocycles. The van der Waals surface area contributed by atoms with Crippen LogP contribution in [0.2, 0.25) is 0 Å². The maximum atomic E-state index is 4.09. The normalized spacial score (nSPS) is 13.6. The minimum absolute atomic E-state index is 1.05. The standard InChI is InChI=1S/C48H29N4S4/c1-5-19-35-31(15-1)49-45-27(12-9-23-39(45)53-35)30-26-42-48(52-34-18-4-8-22-38(34)56-42)44(29-14-11-25-41-47(29)51-33-17-3-7-21-37(33)55-41)43(30)28-13-10-24-40-46(28)50-32-16-2-6-20-36(32)54-40/h1-25,49-52H. The van der Waals surface area contributed by atoms with Crippen molar-refractivity contribution in [3.05, 3.63) is 158 Å². The molecule has 4 aliphatic heterocycles. The molecule has 56 heavy (non-hydrogen) atoms. The zero-order valence-corrected chi connectivity index (χ0v) is 32.8. The Kier molecular flexibility index (Phi) is 7.54. The third kappa shape index (κ3) is 5.20. The van der Waals surface area contributed by atoms with E-state index in [9.17, 15) is 0 Å². The van der Waals surface area contributed by atoms with E-state index >= 15 is 0 Å². The zero-order chi connectivity index (χ0) is 36.7. The van der Waals surface area contributed by atoms with Crippen molar-refractivity contribution in [1.82, 2.24) is 0 Å². The average Bonchev–Trinajstić information content (AvgIpc) is 3.25. The van der Waals surface area contributed by atoms with E-state index in [-0.39, 0.29) is 0 Å². The number of hydrogen-bond donors (Lipinski definition) is 4. The van der Waals surface area contributed by atoms with Gasteiger partial charge in [-0.1, -0.05) is 132 Å². The fourth-order valence-electron chi connectivity index (χ4n) is 8.04. The van der Waals surface area contributed by atoms with Crippen LogP contribution in [-0.4, -0.2) is 0 Å². The maximum absolute atomic E-state index is 4.09. The van der Waals surface area contributed by atoms with Gasteiger partial charge in [0, 0.05) is 78.6 Å². The Balaban J connectivity index is 1.19. The van der Waals surface area contributed by atoms with Gasteiger partial charge in [-0.05, 0) is 66.7 Å². The lowest BCUT2D eigenvalue weighted by atomic mass is 9.84. The fourth-order valence-corrected chi connectivity index (χ4v) is 12.1. The van der Waals surface area contributed by atoms with Crippen LogP contribution < -0.4 is 21.3 Å². The third-order valence-corrected chi connectivity index (χ3v) is 15.1. The molecule has 265 valence electrons. The predicted octanol–water partition coefficient (Wildman–Crippen LogP) is 15.3. The number of hydrogen-bond acceptors (Lipinski definition) is 8. The summed E-state index contributed by atoms with van der Waals surface area (Å²) in [4.78, 5) is 9.50. The smallest absolute Gasteiger partial charge is 0.0619 e. The molecule has 12 rings (SSSR count). The third-order valence-electron chi connectivity index (χ3n) is 10.6. The first-order chi connectivity index (χ1) is 27.7. The number of para-hydroxylation sites is 7. The number of fused-ring (bicyclic) bond motifs is 8. The molecular weight excluding hydrogens is 761 g/mol. The average molecular weight is 790 g/mol. The molecule has 4 nitrogen and oxygen atoms in total. The van der Waals surface area contributed by atoms with Crippen LogP contribution in [-0.2, 0) is 0 Å². The quantitative estimate of drug-likeness (QED) is 0.141. The van der Waals surface area contributed by atoms with Crippen LogP contribution in [0.25, 0.3) is 33.4 Å². The molecule has 0 aliphatic carbocycles. The highest BCUT2D eigenvalue weighted by Crippen LogP contribution is 2.60. The molecule has 4 heterocycles. The summed E-state index contributed by atoms with van der Waals surface area (Å²) in [5, 5.41) is 15.7. The van der Waals surface area contributed by atoms with E-state index in [0.717, 1.165) is 83.8 Å². The van der Waals surface area contributed by atoms with Crippen molar-refractivity contribution in [2.75, 3.05) is 21.3 Å². The summed E-state index contributed by atoms with van der Waals surface area (Å²) in [6.45, 7) is 0. The van der Waals surface area contributed by atoms with E-state index in [1.54, 1.807) is 11.8 Å². The van der Waals surface area contributed by atoms with E-state index in [4.69, 9.17) is 0 Å². The van der Waals surface area contributed by atoms with Crippen molar-refractivity contribution in [2.24, 2.45) is 0 Å². The molecule has 0 saturated heterocycles. The van der Waals surface area contributed by atoms with Gasteiger partial charge in [-0.3, -0.25) is 0 Å². The minimum Gasteiger partial charge on any atom is -0.353 e. The van der Waals surface area contributed by atoms with E-state index in [2.05, 4.69) is 179 Å². The molecule has 0 fully saturated rings. The van der Waals surface area contributed by atoms with Crippen LogP contribution >= 0.6 is 47.0 Å². The molecule has 8 aromatic rings. The van der Waals surface area contributed by atoms with Crippen LogP contribution in [0.1, 0.15) is 0 Å². The largest absolute Gasteiger partial charge is 0.353 e. The lowest BCUT2D eigenvalue weighted by Gasteiger charge is -2.32. The van der Waals surface area contributed by atoms with Crippen LogP contribution in [0.5, 0.6) is 0 Å². The Bertz CT molecular complexity index is 2960. The Morgan fingerprint density at radius 1 is 0.304 bits per heavy atom. The first-order valence-corrected chi connectivity index (χ1v) is 21.7. The number of rotatable bonds is 3. The SMILES string of the molecule is [c]1c2c(c(-c3cccc4c3Nc3ccccc3S4)c(-c3cccc4c3Nc3ccccc3S4)c1-c1cccc3c1Nc1ccccc1S3)Nc1ccccc1S2. The second kappa shape index (κ2) is 13.0. The number of benzene rings is 8. The van der Waals surface area contributed by atoms with E-state index < -0.39 is 0 Å². The van der Waals surface area contributed by atoms with Crippen molar-refractivity contribution < 1.29 is 0 Å². The topological polar surface area (TPSA) is 48.1 Å². The predicted molar refractivity (Wildman–Crippen MR) is 237 cm³/mol. The van der Waals surface area contributed by atoms with Crippen molar-refractivity contribution in [2.45, 2.75) is 39.2 Å². The van der Waals surface area contributed by atoms with Crippen LogP contribution in [0.4, 0.5) is 45.5 Å². The molecule has 1 radical (unpaired) electrons. The van der Waals surface area contributed by atoms with Gasteiger partial charge in [0.2, 0.25) is 0 Å². The van der Waals surface area contributed by atoms with Gasteiger partial charge in [-0.2, -0.15) is 0 Å². The molecule has 0 bridgehead atoms. The molecule has 0 spiro atoms. The maximum Gasteiger partial charge on any atom is 0.0619 e. The minimum atomic E-state index is 1.05. The number of anilines is 8. The molecule has 0 saturated carbocycles. The van der Waals surface area contributed by atoms with Crippen LogP contribution in [0.15, 0.2) is 191 Å². The molecule has 0 atom stereocenters. The molecule has 0 aromatic heterocycles. The summed E-state index contributed by atoms with van der Waals surface area (Å²) in [6.07, 6.45) is 0. The molecular formula is C48H29N4S4. The van der Waals surface area contributed by atoms with Gasteiger partial charge in [0.05, 0.1) is 45.5 Å². The van der Waals surface area contributed by atoms with Crippen LogP contribution in [0, 0.1) is 6.07 Å². The molecule has 4 aliphatic rings. The summed E-state index contributed by atoms with van der Waals surface area (Å²) < 4.78 is 0. The first-order valence-electron chi connectivity index (χ1n) is 18.4. The van der Waals surface area contributed by atoms with Crippen molar-refractivity contribution in [3.8, 4) is 33.4 Å². The van der Waals surface area contributed by atoms with Gasteiger partial charge >= 0.3 is 0 Å². The summed E-state index contributed by atoms with van der Waals surface area (Å²) in [7, 11) is 0. The fraction of sp³-hybridized carbons (Fsp3) is 0. The van der Waals surface area contributed by atoms with E-state index in [0.29, 0.717) is 0 Å². The lowest BCUT2D eigenvalue weighted by Crippen LogP contribution is -2.09. The van der Waals surface area contributed by atoms with Gasteiger partial charge in [0.1, 0.15) is 0 Å². The summed E-state index contributed by atoms with van der Waals surface area (Å²) >= 11 is 7.25. The van der Waals surface area contributed by atoms with Gasteiger partial charge in [-0.25, -0.2) is 0 Å². The highest BCUT2D eigenvalue weighted by atomic mass is 32.2. The molecule has 0 amide bonds. The highest BCUT2D eigenvalue weighted by Gasteiger charge is 2.33. The summed E-state index contributed by atoms with van der Waals surface area (Å²) in [5.74, 6) is 0. The Labute approximate surface area is 341 Å².